The molecule has 5 heterocycles. The lowest BCUT2D eigenvalue weighted by Crippen LogP contribution is -2.34. The number of hydrogen-bond acceptors (Lipinski definition) is 6. The van der Waals surface area contributed by atoms with E-state index >= 15 is 0 Å². The van der Waals surface area contributed by atoms with Gasteiger partial charge in [0.1, 0.15) is 11.6 Å². The third kappa shape index (κ3) is 6.30. The highest BCUT2D eigenvalue weighted by atomic mass is 35.5. The van der Waals surface area contributed by atoms with Crippen LogP contribution < -0.4 is 5.32 Å². The quantitative estimate of drug-likeness (QED) is 0.153. The van der Waals surface area contributed by atoms with E-state index < -0.39 is 0 Å². The maximum Gasteiger partial charge on any atom is 0.186 e. The lowest BCUT2D eigenvalue weighted by Gasteiger charge is -2.31. The molecule has 234 valence electrons. The van der Waals surface area contributed by atoms with Crippen molar-refractivity contribution in [2.45, 2.75) is 64.5 Å². The fraction of sp³-hybridized carbons (Fsp3) is 0.400. The van der Waals surface area contributed by atoms with E-state index in [-0.39, 0.29) is 6.04 Å². The highest BCUT2D eigenvalue weighted by molar-refractivity contribution is 7.13. The van der Waals surface area contributed by atoms with Crippen LogP contribution in [0.1, 0.15) is 62.0 Å². The number of hydrogen-bond donors (Lipinski definition) is 1. The van der Waals surface area contributed by atoms with Crippen molar-refractivity contribution in [3.8, 4) is 11.1 Å². The molecule has 0 saturated carbocycles. The summed E-state index contributed by atoms with van der Waals surface area (Å²) >= 11 is 15.6. The molecule has 2 aromatic carbocycles. The predicted octanol–water partition coefficient (Wildman–Crippen LogP) is 8.88. The second-order valence-electron chi connectivity index (χ2n) is 12.3. The summed E-state index contributed by atoms with van der Waals surface area (Å²) < 4.78 is 4.11. The number of rotatable bonds is 11. The Morgan fingerprint density at radius 1 is 1.13 bits per heavy atom. The summed E-state index contributed by atoms with van der Waals surface area (Å²) in [6, 6.07) is 10.3. The average molecular weight is 661 g/mol. The van der Waals surface area contributed by atoms with Crippen molar-refractivity contribution in [3.05, 3.63) is 93.7 Å². The summed E-state index contributed by atoms with van der Waals surface area (Å²) in [5.74, 6) is 0.922. The number of aryl methyl sites for hydroxylation is 2. The predicted molar refractivity (Wildman–Crippen MR) is 187 cm³/mol. The summed E-state index contributed by atoms with van der Waals surface area (Å²) in [4.78, 5) is 11.9. The van der Waals surface area contributed by atoms with Crippen LogP contribution in [0.2, 0.25) is 10.0 Å². The Kier molecular flexibility index (Phi) is 9.00. The molecule has 7 rings (SSSR count). The molecule has 3 aromatic heterocycles. The van der Waals surface area contributed by atoms with Crippen LogP contribution >= 0.6 is 34.5 Å². The summed E-state index contributed by atoms with van der Waals surface area (Å²) in [5.41, 5.74) is 6.80. The molecule has 0 spiro atoms. The third-order valence-electron chi connectivity index (χ3n) is 9.54. The summed E-state index contributed by atoms with van der Waals surface area (Å²) in [5, 5.41) is 13.1. The molecule has 0 bridgehead atoms. The van der Waals surface area contributed by atoms with E-state index in [1.165, 1.54) is 67.9 Å². The fourth-order valence-corrected chi connectivity index (χ4v) is 8.03. The second-order valence-corrected chi connectivity index (χ2v) is 14.0. The van der Waals surface area contributed by atoms with Gasteiger partial charge >= 0.3 is 0 Å². The molecule has 2 aliphatic heterocycles. The van der Waals surface area contributed by atoms with Gasteiger partial charge in [0.05, 0.1) is 22.1 Å². The number of nitrogens with zero attached hydrogens (tertiary/aromatic N) is 6. The third-order valence-corrected chi connectivity index (χ3v) is 10.9. The molecule has 1 atom stereocenters. The van der Waals surface area contributed by atoms with Crippen molar-refractivity contribution in [3.63, 3.8) is 0 Å². The standard InChI is InChI=1S/C35H39Cl2N7S/c1-3-24-12-17-42(18-13-24)15-4-6-25-8-10-26(11-9-25)27-20-29(36)28-21-44(41-32(28)31(27)37)34(23(2)40-35-38-14-19-45-35)33-30-7-5-16-43(30)22-39-33/h8-11,14,19-22,24,34H,2-7,12-13,15-18H2,1H3,(H,38,40). The number of nitrogens with one attached hydrogen (secondary N) is 1. The zero-order chi connectivity index (χ0) is 30.9. The van der Waals surface area contributed by atoms with Crippen LogP contribution in [0.15, 0.2) is 66.7 Å². The molecule has 1 unspecified atom stereocenters. The number of piperidine rings is 1. The van der Waals surface area contributed by atoms with Crippen molar-refractivity contribution >= 4 is 50.6 Å². The Balaban J connectivity index is 1.13. The highest BCUT2D eigenvalue weighted by Crippen LogP contribution is 2.40. The molecule has 10 heteroatoms. The van der Waals surface area contributed by atoms with E-state index in [2.05, 4.69) is 57.5 Å². The molecule has 5 aromatic rings. The lowest BCUT2D eigenvalue weighted by molar-refractivity contribution is 0.180. The number of thiazole rings is 1. The minimum absolute atomic E-state index is 0.358. The zero-order valence-corrected chi connectivity index (χ0v) is 28.0. The van der Waals surface area contributed by atoms with Crippen molar-refractivity contribution in [1.82, 2.24) is 29.2 Å². The van der Waals surface area contributed by atoms with Crippen LogP contribution in [0.25, 0.3) is 22.0 Å². The van der Waals surface area contributed by atoms with Gasteiger partial charge < -0.3 is 14.8 Å². The Morgan fingerprint density at radius 2 is 1.96 bits per heavy atom. The van der Waals surface area contributed by atoms with Crippen molar-refractivity contribution in [1.29, 1.82) is 0 Å². The maximum atomic E-state index is 7.10. The van der Waals surface area contributed by atoms with E-state index in [9.17, 15) is 0 Å². The van der Waals surface area contributed by atoms with E-state index in [1.54, 1.807) is 6.20 Å². The maximum absolute atomic E-state index is 7.10. The largest absolute Gasteiger partial charge is 0.334 e. The molecular weight excluding hydrogens is 621 g/mol. The molecule has 45 heavy (non-hydrogen) atoms. The highest BCUT2D eigenvalue weighted by Gasteiger charge is 2.29. The van der Waals surface area contributed by atoms with Gasteiger partial charge in [-0.1, -0.05) is 67.4 Å². The molecule has 2 aliphatic rings. The number of allylic oxidation sites excluding steroid dienone is 1. The number of anilines is 1. The average Bonchev–Trinajstić information content (AvgIpc) is 3.87. The number of benzene rings is 2. The Hall–Kier alpha value is -3.17. The summed E-state index contributed by atoms with van der Waals surface area (Å²) in [6.07, 6.45) is 14.0. The first-order valence-electron chi connectivity index (χ1n) is 16.1. The van der Waals surface area contributed by atoms with Gasteiger partial charge in [-0.2, -0.15) is 5.10 Å². The number of likely N-dealkylation sites (tertiary alicyclic amines) is 1. The minimum Gasteiger partial charge on any atom is -0.334 e. The van der Waals surface area contributed by atoms with Gasteiger partial charge in [-0.15, -0.1) is 11.3 Å². The normalized spacial score (nSPS) is 16.3. The first kappa shape index (κ1) is 30.5. The van der Waals surface area contributed by atoms with E-state index in [4.69, 9.17) is 33.3 Å². The van der Waals surface area contributed by atoms with Crippen LogP contribution in [-0.4, -0.2) is 48.8 Å². The molecule has 1 fully saturated rings. The zero-order valence-electron chi connectivity index (χ0n) is 25.7. The number of fused-ring (bicyclic) bond motifs is 2. The van der Waals surface area contributed by atoms with Crippen LogP contribution in [0.5, 0.6) is 0 Å². The van der Waals surface area contributed by atoms with Gasteiger partial charge in [-0.3, -0.25) is 4.68 Å². The van der Waals surface area contributed by atoms with Crippen LogP contribution in [0, 0.1) is 5.92 Å². The van der Waals surface area contributed by atoms with Crippen molar-refractivity contribution in [2.24, 2.45) is 5.92 Å². The molecule has 1 saturated heterocycles. The van der Waals surface area contributed by atoms with Gasteiger partial charge in [-0.05, 0) is 81.3 Å². The van der Waals surface area contributed by atoms with Crippen molar-refractivity contribution in [2.75, 3.05) is 25.0 Å². The first-order chi connectivity index (χ1) is 22.0. The van der Waals surface area contributed by atoms with E-state index in [0.717, 1.165) is 64.8 Å². The van der Waals surface area contributed by atoms with E-state index in [0.29, 0.717) is 15.6 Å². The van der Waals surface area contributed by atoms with E-state index in [1.807, 2.05) is 28.7 Å². The molecule has 1 N–H and O–H groups in total. The Labute approximate surface area is 278 Å². The molecule has 7 nitrogen and oxygen atoms in total. The number of aromatic nitrogens is 5. The van der Waals surface area contributed by atoms with Crippen molar-refractivity contribution < 1.29 is 0 Å². The Morgan fingerprint density at radius 3 is 2.71 bits per heavy atom. The van der Waals surface area contributed by atoms with Gasteiger partial charge in [0, 0.05) is 46.7 Å². The second kappa shape index (κ2) is 13.3. The fourth-order valence-electron chi connectivity index (χ4n) is 6.92. The van der Waals surface area contributed by atoms with Gasteiger partial charge in [0.2, 0.25) is 0 Å². The molecule has 0 aliphatic carbocycles. The number of imidazole rings is 1. The molecule has 0 amide bonds. The lowest BCUT2D eigenvalue weighted by atomic mass is 9.94. The van der Waals surface area contributed by atoms with Gasteiger partial charge in [0.25, 0.3) is 0 Å². The SMILES string of the molecule is C=C(Nc1nccs1)C(c1ncn2c1CCC2)n1cc2c(Cl)cc(-c3ccc(CCCN4CCC(CC)CC4)cc3)c(Cl)c2n1. The number of halogens is 2. The molecular formula is C35H39Cl2N7S. The van der Waals surface area contributed by atoms with Crippen LogP contribution in [-0.2, 0) is 19.4 Å². The summed E-state index contributed by atoms with van der Waals surface area (Å²) in [6.45, 7) is 11.4. The Bertz CT molecular complexity index is 1780. The molecule has 0 radical (unpaired) electrons. The van der Waals surface area contributed by atoms with Crippen LogP contribution in [0.3, 0.4) is 0 Å². The minimum atomic E-state index is -0.358. The monoisotopic (exact) mass is 659 g/mol. The first-order valence-corrected chi connectivity index (χ1v) is 17.7. The van der Waals surface area contributed by atoms with Gasteiger partial charge in [-0.25, -0.2) is 9.97 Å². The summed E-state index contributed by atoms with van der Waals surface area (Å²) in [7, 11) is 0. The topological polar surface area (TPSA) is 63.8 Å². The smallest absolute Gasteiger partial charge is 0.186 e. The van der Waals surface area contributed by atoms with Gasteiger partial charge in [0.15, 0.2) is 5.13 Å². The van der Waals surface area contributed by atoms with Crippen LogP contribution in [0.4, 0.5) is 5.13 Å².